The van der Waals surface area contributed by atoms with Crippen molar-refractivity contribution in [2.24, 2.45) is 5.84 Å². The van der Waals surface area contributed by atoms with Crippen molar-refractivity contribution in [2.45, 2.75) is 59.0 Å². The van der Waals surface area contributed by atoms with Crippen molar-refractivity contribution in [3.63, 3.8) is 0 Å². The highest BCUT2D eigenvalue weighted by atomic mass is 35.5. The maximum atomic E-state index is 11.8. The Morgan fingerprint density at radius 1 is 1.50 bits per heavy atom. The number of carbonyl (C=O) groups excluding carboxylic acids is 1. The molecule has 0 aromatic heterocycles. The van der Waals surface area contributed by atoms with Crippen molar-refractivity contribution in [3.05, 3.63) is 34.2 Å². The summed E-state index contributed by atoms with van der Waals surface area (Å²) in [5.74, 6) is 5.79. The summed E-state index contributed by atoms with van der Waals surface area (Å²) >= 11 is 6.50. The number of allylic oxidation sites excluding steroid dienone is 4. The highest BCUT2D eigenvalue weighted by molar-refractivity contribution is 6.29. The number of hydrogen-bond donors (Lipinski definition) is 2. The van der Waals surface area contributed by atoms with Gasteiger partial charge in [-0.05, 0) is 51.7 Å². The summed E-state index contributed by atoms with van der Waals surface area (Å²) in [6, 6.07) is 0. The Hall–Kier alpha value is -1.50. The van der Waals surface area contributed by atoms with Crippen LogP contribution in [0.5, 0.6) is 0 Å². The van der Waals surface area contributed by atoms with Crippen molar-refractivity contribution in [2.75, 3.05) is 32.8 Å². The number of ether oxygens (including phenoxy) is 1. The Morgan fingerprint density at radius 2 is 2.25 bits per heavy atom. The maximum absolute atomic E-state index is 11.8. The molecule has 1 aliphatic heterocycles. The van der Waals surface area contributed by atoms with Gasteiger partial charge in [0.05, 0.1) is 12.2 Å². The average molecular weight is 411 g/mol. The SMILES string of the molecule is CCN(CCC1(C)CN(C(C)=O)CCO1)C1=C(\C)C/C(NN)=C\CC/C(Cl)=C\1. The maximum Gasteiger partial charge on any atom is 0.219 e. The Bertz CT molecular complexity index is 659. The van der Waals surface area contributed by atoms with Gasteiger partial charge in [-0.3, -0.25) is 10.6 Å². The van der Waals surface area contributed by atoms with Crippen LogP contribution in [0.15, 0.2) is 34.2 Å². The number of nitrogens with one attached hydrogen (secondary N) is 1. The molecule has 7 heteroatoms. The van der Waals surface area contributed by atoms with Gasteiger partial charge in [0, 0.05) is 55.9 Å². The van der Waals surface area contributed by atoms with Gasteiger partial charge in [0.2, 0.25) is 5.91 Å². The van der Waals surface area contributed by atoms with Crippen LogP contribution in [0.1, 0.15) is 53.4 Å². The van der Waals surface area contributed by atoms with E-state index in [1.54, 1.807) is 6.92 Å². The molecule has 1 heterocycles. The zero-order chi connectivity index (χ0) is 20.7. The van der Waals surface area contributed by atoms with Crippen molar-refractivity contribution >= 4 is 17.5 Å². The second-order valence-corrected chi connectivity index (χ2v) is 8.40. The van der Waals surface area contributed by atoms with Crippen LogP contribution in [0.3, 0.4) is 0 Å². The van der Waals surface area contributed by atoms with Gasteiger partial charge in [-0.25, -0.2) is 0 Å². The molecule has 1 aliphatic carbocycles. The summed E-state index contributed by atoms with van der Waals surface area (Å²) in [5.41, 5.74) is 5.88. The van der Waals surface area contributed by atoms with Crippen molar-refractivity contribution in [1.82, 2.24) is 15.2 Å². The number of morpholine rings is 1. The minimum atomic E-state index is -0.332. The molecule has 2 rings (SSSR count). The Balaban J connectivity index is 2.16. The number of nitrogens with zero attached hydrogens (tertiary/aromatic N) is 2. The molecular weight excluding hydrogens is 376 g/mol. The molecule has 1 saturated heterocycles. The molecule has 2 aliphatic rings. The molecular formula is C21H35ClN4O2. The first-order valence-corrected chi connectivity index (χ1v) is 10.5. The summed E-state index contributed by atoms with van der Waals surface area (Å²) in [7, 11) is 0. The van der Waals surface area contributed by atoms with Crippen LogP contribution < -0.4 is 11.3 Å². The molecule has 0 spiro atoms. The van der Waals surface area contributed by atoms with Crippen molar-refractivity contribution < 1.29 is 9.53 Å². The van der Waals surface area contributed by atoms with E-state index in [4.69, 9.17) is 22.2 Å². The molecule has 3 N–H and O–H groups in total. The van der Waals surface area contributed by atoms with E-state index < -0.39 is 0 Å². The minimum Gasteiger partial charge on any atom is -0.372 e. The van der Waals surface area contributed by atoms with E-state index in [2.05, 4.69) is 43.2 Å². The zero-order valence-electron chi connectivity index (χ0n) is 17.7. The summed E-state index contributed by atoms with van der Waals surface area (Å²) in [4.78, 5) is 16.0. The number of nitrogens with two attached hydrogens (primary N) is 1. The van der Waals surface area contributed by atoms with Crippen LogP contribution >= 0.6 is 11.6 Å². The predicted molar refractivity (Wildman–Crippen MR) is 114 cm³/mol. The fourth-order valence-electron chi connectivity index (χ4n) is 3.82. The summed E-state index contributed by atoms with van der Waals surface area (Å²) in [6.07, 6.45) is 7.50. The van der Waals surface area contributed by atoms with E-state index in [0.29, 0.717) is 19.7 Å². The molecule has 1 amide bonds. The van der Waals surface area contributed by atoms with Gasteiger partial charge in [0.15, 0.2) is 0 Å². The van der Waals surface area contributed by atoms with Crippen LogP contribution in [0.25, 0.3) is 0 Å². The lowest BCUT2D eigenvalue weighted by atomic mass is 9.98. The average Bonchev–Trinajstić information content (AvgIpc) is 2.72. The van der Waals surface area contributed by atoms with E-state index in [1.807, 2.05) is 4.90 Å². The number of halogens is 1. The zero-order valence-corrected chi connectivity index (χ0v) is 18.4. The van der Waals surface area contributed by atoms with E-state index in [0.717, 1.165) is 55.2 Å². The highest BCUT2D eigenvalue weighted by Crippen LogP contribution is 2.27. The molecule has 28 heavy (non-hydrogen) atoms. The first-order valence-electron chi connectivity index (χ1n) is 10.1. The van der Waals surface area contributed by atoms with Crippen LogP contribution in [-0.4, -0.2) is 54.1 Å². The van der Waals surface area contributed by atoms with E-state index >= 15 is 0 Å². The van der Waals surface area contributed by atoms with Gasteiger partial charge >= 0.3 is 0 Å². The van der Waals surface area contributed by atoms with Crippen molar-refractivity contribution in [3.8, 4) is 0 Å². The van der Waals surface area contributed by atoms with E-state index in [9.17, 15) is 4.79 Å². The van der Waals surface area contributed by atoms with Crippen LogP contribution in [0, 0.1) is 0 Å². The van der Waals surface area contributed by atoms with Crippen LogP contribution in [-0.2, 0) is 9.53 Å². The largest absolute Gasteiger partial charge is 0.372 e. The fourth-order valence-corrected chi connectivity index (χ4v) is 4.03. The summed E-state index contributed by atoms with van der Waals surface area (Å²) in [6.45, 7) is 11.6. The molecule has 0 radical (unpaired) electrons. The molecule has 0 aromatic rings. The predicted octanol–water partition coefficient (Wildman–Crippen LogP) is 3.26. The van der Waals surface area contributed by atoms with E-state index in [1.165, 1.54) is 5.57 Å². The monoisotopic (exact) mass is 410 g/mol. The number of hydrogen-bond acceptors (Lipinski definition) is 5. The third-order valence-corrected chi connectivity index (χ3v) is 5.86. The quantitative estimate of drug-likeness (QED) is 0.519. The fraction of sp³-hybridized carbons (Fsp3) is 0.667. The van der Waals surface area contributed by atoms with Gasteiger partial charge in [0.1, 0.15) is 0 Å². The lowest BCUT2D eigenvalue weighted by Crippen LogP contribution is -2.52. The lowest BCUT2D eigenvalue weighted by molar-refractivity contribution is -0.147. The highest BCUT2D eigenvalue weighted by Gasteiger charge is 2.33. The number of rotatable bonds is 6. The Kier molecular flexibility index (Phi) is 8.40. The molecule has 0 saturated carbocycles. The normalized spacial score (nSPS) is 30.3. The summed E-state index contributed by atoms with van der Waals surface area (Å²) < 4.78 is 6.06. The minimum absolute atomic E-state index is 0.111. The van der Waals surface area contributed by atoms with Gasteiger partial charge in [-0.1, -0.05) is 17.7 Å². The number of likely N-dealkylation sites (N-methyl/N-ethyl adjacent to an activating group) is 1. The first-order chi connectivity index (χ1) is 13.3. The molecule has 1 atom stereocenters. The Labute approximate surface area is 174 Å². The number of hydrazine groups is 1. The Morgan fingerprint density at radius 3 is 2.89 bits per heavy atom. The topological polar surface area (TPSA) is 70.8 Å². The molecule has 1 unspecified atom stereocenters. The van der Waals surface area contributed by atoms with Gasteiger partial charge in [-0.2, -0.15) is 0 Å². The molecule has 6 nitrogen and oxygen atoms in total. The van der Waals surface area contributed by atoms with E-state index in [-0.39, 0.29) is 11.5 Å². The molecule has 158 valence electrons. The second kappa shape index (κ2) is 10.3. The van der Waals surface area contributed by atoms with Gasteiger partial charge in [0.25, 0.3) is 0 Å². The number of carbonyl (C=O) groups is 1. The van der Waals surface area contributed by atoms with Crippen LogP contribution in [0.4, 0.5) is 0 Å². The van der Waals surface area contributed by atoms with Crippen LogP contribution in [0.2, 0.25) is 0 Å². The third kappa shape index (κ3) is 6.26. The first kappa shape index (κ1) is 22.8. The molecule has 0 bridgehead atoms. The standard InChI is InChI=1S/C21H35ClN4O2/c1-5-25(10-9-21(4)15-26(17(3)27)11-12-28-21)20-14-18(22)7-6-8-19(24-23)13-16(20)2/h8,14,24H,5-7,9-13,15,23H2,1-4H3/b18-14+,19-8+,20-16+. The smallest absolute Gasteiger partial charge is 0.219 e. The number of amides is 1. The third-order valence-electron chi connectivity index (χ3n) is 5.56. The van der Waals surface area contributed by atoms with Gasteiger partial charge < -0.3 is 20.0 Å². The molecule has 1 fully saturated rings. The molecule has 0 aromatic carbocycles. The van der Waals surface area contributed by atoms with Crippen molar-refractivity contribution in [1.29, 1.82) is 0 Å². The van der Waals surface area contributed by atoms with Gasteiger partial charge in [-0.15, -0.1) is 0 Å². The lowest BCUT2D eigenvalue weighted by Gasteiger charge is -2.41. The summed E-state index contributed by atoms with van der Waals surface area (Å²) in [5, 5.41) is 0.852. The second-order valence-electron chi connectivity index (χ2n) is 7.91.